The Bertz CT molecular complexity index is 1020. The van der Waals surface area contributed by atoms with Crippen molar-refractivity contribution in [2.24, 2.45) is 13.0 Å². The number of hydrogen-bond acceptors (Lipinski definition) is 5. The molecule has 1 atom stereocenters. The number of aromatic nitrogens is 2. The Labute approximate surface area is 178 Å². The molecular formula is C22H31N3O4S. The van der Waals surface area contributed by atoms with Crippen molar-refractivity contribution in [2.45, 2.75) is 50.8 Å². The summed E-state index contributed by atoms with van der Waals surface area (Å²) in [5.74, 6) is 0.933. The number of rotatable bonds is 9. The first-order valence-corrected chi connectivity index (χ1v) is 12.1. The van der Waals surface area contributed by atoms with E-state index in [0.717, 1.165) is 30.6 Å². The zero-order valence-electron chi connectivity index (χ0n) is 18.0. The molecule has 1 aliphatic rings. The quantitative estimate of drug-likeness (QED) is 0.447. The van der Waals surface area contributed by atoms with Crippen LogP contribution in [0.3, 0.4) is 0 Å². The van der Waals surface area contributed by atoms with Crippen molar-refractivity contribution in [1.82, 2.24) is 13.9 Å². The van der Waals surface area contributed by atoms with Crippen molar-refractivity contribution >= 4 is 27.0 Å². The van der Waals surface area contributed by atoms with Gasteiger partial charge in [-0.25, -0.2) is 13.4 Å². The number of fused-ring (bicyclic) bond motifs is 1. The Hall–Kier alpha value is -2.19. The third kappa shape index (κ3) is 4.92. The number of carbonyl (C=O) groups is 1. The largest absolute Gasteiger partial charge is 0.465 e. The van der Waals surface area contributed by atoms with Crippen molar-refractivity contribution in [3.8, 4) is 0 Å². The van der Waals surface area contributed by atoms with Crippen molar-refractivity contribution in [3.63, 3.8) is 0 Å². The van der Waals surface area contributed by atoms with Gasteiger partial charge in [-0.05, 0) is 43.4 Å². The average molecular weight is 434 g/mol. The number of imidazole rings is 1. The highest BCUT2D eigenvalue weighted by molar-refractivity contribution is 7.89. The van der Waals surface area contributed by atoms with E-state index in [2.05, 4.69) is 17.1 Å². The van der Waals surface area contributed by atoms with Crippen LogP contribution in [0.5, 0.6) is 0 Å². The minimum absolute atomic E-state index is 0.221. The summed E-state index contributed by atoms with van der Waals surface area (Å²) in [4.78, 5) is 17.0. The third-order valence-corrected chi connectivity index (χ3v) is 7.74. The van der Waals surface area contributed by atoms with Gasteiger partial charge in [0, 0.05) is 26.6 Å². The number of sulfonamides is 1. The average Bonchev–Trinajstić information content (AvgIpc) is 3.07. The molecule has 0 fully saturated rings. The van der Waals surface area contributed by atoms with E-state index in [9.17, 15) is 13.2 Å². The summed E-state index contributed by atoms with van der Waals surface area (Å²) in [6, 6.07) is 5.01. The molecule has 0 N–H and O–H groups in total. The fraction of sp³-hybridized carbons (Fsp3) is 0.545. The first-order chi connectivity index (χ1) is 14.4. The Balaban J connectivity index is 1.67. The standard InChI is InChI=1S/C22H31N3O4S/c1-4-25(5-2)30(27,28)18-11-12-20-19(15-18)23-21(24(20)3)13-14-22(26)29-16-17-9-7-6-8-10-17/h6-7,11-12,15,17H,4-5,8-10,13-14,16H2,1-3H3. The van der Waals surface area contributed by atoms with Crippen molar-refractivity contribution in [3.05, 3.63) is 36.2 Å². The molecule has 164 valence electrons. The number of esters is 1. The van der Waals surface area contributed by atoms with Crippen LogP contribution in [-0.2, 0) is 33.0 Å². The summed E-state index contributed by atoms with van der Waals surface area (Å²) in [6.45, 7) is 4.95. The van der Waals surface area contributed by atoms with Crippen molar-refractivity contribution in [1.29, 1.82) is 0 Å². The minimum atomic E-state index is -3.53. The monoisotopic (exact) mass is 433 g/mol. The molecule has 0 bridgehead atoms. The second kappa shape index (κ2) is 9.75. The van der Waals surface area contributed by atoms with Crippen molar-refractivity contribution < 1.29 is 17.9 Å². The van der Waals surface area contributed by atoms with Crippen LogP contribution in [0.1, 0.15) is 45.4 Å². The van der Waals surface area contributed by atoms with Gasteiger partial charge in [0.15, 0.2) is 0 Å². The second-order valence-corrected chi connectivity index (χ2v) is 9.60. The fourth-order valence-electron chi connectivity index (χ4n) is 3.83. The lowest BCUT2D eigenvalue weighted by atomic mass is 9.95. The van der Waals surface area contributed by atoms with Gasteiger partial charge in [-0.3, -0.25) is 4.79 Å². The first kappa shape index (κ1) is 22.5. The maximum atomic E-state index is 12.8. The summed E-state index contributed by atoms with van der Waals surface area (Å²) in [7, 11) is -1.66. The lowest BCUT2D eigenvalue weighted by molar-refractivity contribution is -0.145. The molecule has 1 heterocycles. The number of nitrogens with zero attached hydrogens (tertiary/aromatic N) is 3. The van der Waals surface area contributed by atoms with Crippen LogP contribution in [-0.4, -0.2) is 47.9 Å². The molecule has 0 aliphatic heterocycles. The molecule has 0 saturated carbocycles. The summed E-state index contributed by atoms with van der Waals surface area (Å²) in [6.07, 6.45) is 8.11. The van der Waals surface area contributed by atoms with Gasteiger partial charge in [-0.2, -0.15) is 4.31 Å². The van der Waals surface area contributed by atoms with E-state index in [0.29, 0.717) is 37.6 Å². The van der Waals surface area contributed by atoms with Gasteiger partial charge >= 0.3 is 5.97 Å². The fourth-order valence-corrected chi connectivity index (χ4v) is 5.31. The highest BCUT2D eigenvalue weighted by Crippen LogP contribution is 2.23. The van der Waals surface area contributed by atoms with Gasteiger partial charge in [0.2, 0.25) is 10.0 Å². The molecule has 2 aromatic rings. The smallest absolute Gasteiger partial charge is 0.306 e. The number of carbonyl (C=O) groups excluding carboxylic acids is 1. The summed E-state index contributed by atoms with van der Waals surface area (Å²) < 4.78 is 34.3. The molecule has 0 saturated heterocycles. The van der Waals surface area contributed by atoms with Gasteiger partial charge in [0.25, 0.3) is 0 Å². The number of benzene rings is 1. The molecule has 8 heteroatoms. The molecule has 3 rings (SSSR count). The molecular weight excluding hydrogens is 402 g/mol. The summed E-state index contributed by atoms with van der Waals surface area (Å²) >= 11 is 0. The van der Waals surface area contributed by atoms with Gasteiger partial charge in [0.05, 0.1) is 29.0 Å². The SMILES string of the molecule is CCN(CC)S(=O)(=O)c1ccc2c(c1)nc(CCC(=O)OCC1CC=CCC1)n2C. The first-order valence-electron chi connectivity index (χ1n) is 10.6. The van der Waals surface area contributed by atoms with E-state index in [1.54, 1.807) is 18.2 Å². The zero-order valence-corrected chi connectivity index (χ0v) is 18.8. The van der Waals surface area contributed by atoms with Crippen LogP contribution in [0.4, 0.5) is 0 Å². The van der Waals surface area contributed by atoms with E-state index < -0.39 is 10.0 Å². The highest BCUT2D eigenvalue weighted by atomic mass is 32.2. The molecule has 1 unspecified atom stereocenters. The van der Waals surface area contributed by atoms with Gasteiger partial charge in [-0.1, -0.05) is 26.0 Å². The molecule has 1 aromatic heterocycles. The molecule has 7 nitrogen and oxygen atoms in total. The van der Waals surface area contributed by atoms with Gasteiger partial charge < -0.3 is 9.30 Å². The summed E-state index contributed by atoms with van der Waals surface area (Å²) in [5.41, 5.74) is 1.45. The number of allylic oxidation sites excluding steroid dienone is 2. The van der Waals surface area contributed by atoms with E-state index >= 15 is 0 Å². The minimum Gasteiger partial charge on any atom is -0.465 e. The second-order valence-electron chi connectivity index (χ2n) is 7.66. The molecule has 30 heavy (non-hydrogen) atoms. The third-order valence-electron chi connectivity index (χ3n) is 5.70. The topological polar surface area (TPSA) is 81.5 Å². The summed E-state index contributed by atoms with van der Waals surface area (Å²) in [5, 5.41) is 0. The van der Waals surface area contributed by atoms with Gasteiger partial charge in [0.1, 0.15) is 5.82 Å². The Morgan fingerprint density at radius 1 is 1.27 bits per heavy atom. The molecule has 1 aliphatic carbocycles. The van der Waals surface area contributed by atoms with Crippen molar-refractivity contribution in [2.75, 3.05) is 19.7 Å². The van der Waals surface area contributed by atoms with Crippen LogP contribution in [0.25, 0.3) is 11.0 Å². The number of hydrogen-bond donors (Lipinski definition) is 0. The van der Waals surface area contributed by atoms with E-state index in [1.807, 2.05) is 25.5 Å². The normalized spacial score (nSPS) is 17.0. The van der Waals surface area contributed by atoms with E-state index in [1.165, 1.54) is 4.31 Å². The predicted octanol–water partition coefficient (Wildman–Crippen LogP) is 3.44. The maximum Gasteiger partial charge on any atom is 0.306 e. The van der Waals surface area contributed by atoms with Crippen LogP contribution in [0.15, 0.2) is 35.2 Å². The maximum absolute atomic E-state index is 12.8. The molecule has 0 amide bonds. The van der Waals surface area contributed by atoms with E-state index in [-0.39, 0.29) is 17.3 Å². The Morgan fingerprint density at radius 2 is 2.03 bits per heavy atom. The van der Waals surface area contributed by atoms with Crippen LogP contribution in [0, 0.1) is 5.92 Å². The Morgan fingerprint density at radius 3 is 2.70 bits per heavy atom. The Kier molecular flexibility index (Phi) is 7.31. The molecule has 0 spiro atoms. The lowest BCUT2D eigenvalue weighted by Gasteiger charge is -2.18. The number of aryl methyl sites for hydroxylation is 2. The van der Waals surface area contributed by atoms with Gasteiger partial charge in [-0.15, -0.1) is 0 Å². The zero-order chi connectivity index (χ0) is 21.7. The molecule has 1 aromatic carbocycles. The van der Waals surface area contributed by atoms with E-state index in [4.69, 9.17) is 4.74 Å². The number of ether oxygens (including phenoxy) is 1. The predicted molar refractivity (Wildman–Crippen MR) is 117 cm³/mol. The molecule has 0 radical (unpaired) electrons. The van der Waals surface area contributed by atoms with Crippen LogP contribution >= 0.6 is 0 Å². The van der Waals surface area contributed by atoms with Crippen LogP contribution in [0.2, 0.25) is 0 Å². The highest BCUT2D eigenvalue weighted by Gasteiger charge is 2.23. The lowest BCUT2D eigenvalue weighted by Crippen LogP contribution is -2.30. The van der Waals surface area contributed by atoms with Crippen LogP contribution < -0.4 is 0 Å².